The molecular weight excluding hydrogens is 556 g/mol. The highest BCUT2D eigenvalue weighted by Crippen LogP contribution is 2.38. The quantitative estimate of drug-likeness (QED) is 0.0856. The number of nitrogen functional groups attached to an aromatic ring is 2. The molecule has 0 aliphatic carbocycles. The van der Waals surface area contributed by atoms with Crippen LogP contribution in [0.1, 0.15) is 83.6 Å². The number of hydrogen-bond acceptors (Lipinski definition) is 10. The lowest BCUT2D eigenvalue weighted by Crippen LogP contribution is -2.38. The fourth-order valence-corrected chi connectivity index (χ4v) is 4.80. The number of nitrogens with zero attached hydrogens (tertiary/aromatic N) is 3. The minimum absolute atomic E-state index is 0.000779. The molecule has 1 heterocycles. The average Bonchev–Trinajstić information content (AvgIpc) is 2.87. The number of halogens is 1. The van der Waals surface area contributed by atoms with Gasteiger partial charge in [0.15, 0.2) is 34.1 Å². The van der Waals surface area contributed by atoms with E-state index < -0.39 is 5.91 Å². The van der Waals surface area contributed by atoms with Crippen LogP contribution in [0.5, 0.6) is 0 Å². The van der Waals surface area contributed by atoms with Gasteiger partial charge in [-0.2, -0.15) is 0 Å². The first-order chi connectivity index (χ1) is 18.6. The molecule has 1 aromatic rings. The van der Waals surface area contributed by atoms with E-state index >= 15 is 0 Å². The van der Waals surface area contributed by atoms with Crippen molar-refractivity contribution in [2.45, 2.75) is 78.4 Å². The minimum Gasteiger partial charge on any atom is -0.385 e. The molecule has 0 saturated heterocycles. The van der Waals surface area contributed by atoms with Gasteiger partial charge < -0.3 is 27.3 Å². The van der Waals surface area contributed by atoms with Gasteiger partial charge in [0.25, 0.3) is 5.91 Å². The number of guanidine groups is 1. The molecule has 2 amide bonds. The molecular formula is C26H47ClN8O4S. The predicted molar refractivity (Wildman–Crippen MR) is 165 cm³/mol. The largest absolute Gasteiger partial charge is 0.385 e. The zero-order valence-corrected chi connectivity index (χ0v) is 26.4. The lowest BCUT2D eigenvalue weighted by atomic mass is 9.72. The smallest absolute Gasteiger partial charge is 0.280 e. The average molecular weight is 603 g/mol. The highest BCUT2D eigenvalue weighted by molar-refractivity contribution is 8.13. The molecule has 0 saturated carbocycles. The van der Waals surface area contributed by atoms with Crippen LogP contribution in [0.3, 0.4) is 0 Å². The molecule has 0 aliphatic heterocycles. The minimum atomic E-state index is -0.631. The second-order valence-electron chi connectivity index (χ2n) is 10.8. The van der Waals surface area contributed by atoms with Crippen LogP contribution in [0.25, 0.3) is 0 Å². The number of thioether (sulfide) groups is 1. The van der Waals surface area contributed by atoms with Gasteiger partial charge in [0.1, 0.15) is 0 Å². The zero-order valence-electron chi connectivity index (χ0n) is 24.8. The molecule has 40 heavy (non-hydrogen) atoms. The van der Waals surface area contributed by atoms with E-state index in [4.69, 9.17) is 33.5 Å². The number of nitrogens with one attached hydrogen (secondary N) is 2. The van der Waals surface area contributed by atoms with Crippen molar-refractivity contribution in [1.82, 2.24) is 20.6 Å². The van der Waals surface area contributed by atoms with Crippen LogP contribution in [0.2, 0.25) is 5.15 Å². The van der Waals surface area contributed by atoms with Crippen LogP contribution < -0.4 is 27.8 Å². The van der Waals surface area contributed by atoms with Crippen molar-refractivity contribution in [2.24, 2.45) is 21.6 Å². The Hall–Kier alpha value is -2.64. The fraction of sp³-hybridized carbons (Fsp3) is 0.692. The molecule has 0 aromatic carbocycles. The Labute approximate surface area is 247 Å². The lowest BCUT2D eigenvalue weighted by Gasteiger charge is -2.34. The first kappa shape index (κ1) is 37.4. The van der Waals surface area contributed by atoms with Crippen LogP contribution in [0.4, 0.5) is 11.6 Å². The number of ether oxygens (including phenoxy) is 1. The monoisotopic (exact) mass is 602 g/mol. The highest BCUT2D eigenvalue weighted by atomic mass is 35.5. The van der Waals surface area contributed by atoms with Gasteiger partial charge in [-0.3, -0.25) is 24.7 Å². The van der Waals surface area contributed by atoms with Gasteiger partial charge in [-0.1, -0.05) is 64.4 Å². The van der Waals surface area contributed by atoms with Gasteiger partial charge in [-0.15, -0.1) is 0 Å². The second kappa shape index (κ2) is 18.7. The van der Waals surface area contributed by atoms with Gasteiger partial charge in [0.2, 0.25) is 5.91 Å². The summed E-state index contributed by atoms with van der Waals surface area (Å²) in [6.07, 6.45) is 5.63. The first-order valence-electron chi connectivity index (χ1n) is 13.1. The van der Waals surface area contributed by atoms with Crippen molar-refractivity contribution < 1.29 is 19.1 Å². The molecule has 12 nitrogen and oxygen atoms in total. The van der Waals surface area contributed by atoms with E-state index in [1.54, 1.807) is 14.2 Å². The fourth-order valence-electron chi connectivity index (χ4n) is 3.99. The molecule has 1 rings (SSSR count). The number of nitrogens with two attached hydrogens (primary N) is 3. The summed E-state index contributed by atoms with van der Waals surface area (Å²) in [6, 6.07) is 0. The van der Waals surface area contributed by atoms with Crippen LogP contribution in [-0.2, 0) is 14.3 Å². The normalized spacial score (nSPS) is 12.7. The van der Waals surface area contributed by atoms with Gasteiger partial charge in [-0.05, 0) is 42.9 Å². The number of hydrogen-bond donors (Lipinski definition) is 5. The zero-order chi connectivity index (χ0) is 30.9. The number of rotatable bonds is 15. The van der Waals surface area contributed by atoms with Crippen LogP contribution in [0.15, 0.2) is 4.99 Å². The summed E-state index contributed by atoms with van der Waals surface area (Å²) in [7, 11) is 3.18. The summed E-state index contributed by atoms with van der Waals surface area (Å²) < 4.78 is 4.85. The van der Waals surface area contributed by atoms with Gasteiger partial charge in [0.05, 0.1) is 5.25 Å². The summed E-state index contributed by atoms with van der Waals surface area (Å²) in [5, 5.41) is 4.58. The number of aromatic nitrogens is 2. The SMILES string of the molecule is CCC(C)(C)CC(C)(C)CCCN=C(N)NC(=O)c1nc(Cl)c(N)nc1N.CNC(=O)C(CCCOC)SC=O. The Bertz CT molecular complexity index is 992. The summed E-state index contributed by atoms with van der Waals surface area (Å²) >= 11 is 6.78. The van der Waals surface area contributed by atoms with Crippen LogP contribution in [0, 0.1) is 10.8 Å². The predicted octanol–water partition coefficient (Wildman–Crippen LogP) is 3.42. The van der Waals surface area contributed by atoms with Crippen molar-refractivity contribution in [3.8, 4) is 0 Å². The molecule has 0 spiro atoms. The Kier molecular flexibility index (Phi) is 17.4. The van der Waals surface area contributed by atoms with Crippen LogP contribution >= 0.6 is 23.4 Å². The Balaban J connectivity index is 0.000000983. The van der Waals surface area contributed by atoms with Crippen molar-refractivity contribution in [2.75, 3.05) is 38.8 Å². The molecule has 1 aromatic heterocycles. The van der Waals surface area contributed by atoms with E-state index in [0.29, 0.717) is 30.6 Å². The Morgan fingerprint density at radius 1 is 1.15 bits per heavy atom. The van der Waals surface area contributed by atoms with Crippen molar-refractivity contribution in [3.63, 3.8) is 0 Å². The number of methoxy groups -OCH3 is 1. The standard InChI is InChI=1S/C18H32ClN7O.C8H15NO3S/c1-6-17(2,3)10-18(4,5)8-7-9-23-16(22)26-15(27)11-13(20)25-14(21)12(19)24-11;1-9-8(11)7(13-6-10)4-3-5-12-2/h6-10H2,1-5H3,(H4,20,21,25)(H3,22,23,26,27);6-7H,3-5H2,1-2H3,(H,9,11). The number of amides is 2. The second-order valence-corrected chi connectivity index (χ2v) is 12.2. The van der Waals surface area contributed by atoms with Gasteiger partial charge in [-0.25, -0.2) is 9.97 Å². The summed E-state index contributed by atoms with van der Waals surface area (Å²) in [6.45, 7) is 12.5. The molecule has 0 aliphatic rings. The maximum absolute atomic E-state index is 12.2. The molecule has 1 atom stereocenters. The molecule has 0 fully saturated rings. The number of carbonyl (C=O) groups is 3. The van der Waals surface area contributed by atoms with E-state index in [0.717, 1.165) is 43.9 Å². The van der Waals surface area contributed by atoms with E-state index in [9.17, 15) is 14.4 Å². The van der Waals surface area contributed by atoms with E-state index in [1.165, 1.54) is 0 Å². The molecule has 0 bridgehead atoms. The summed E-state index contributed by atoms with van der Waals surface area (Å²) in [4.78, 5) is 45.3. The van der Waals surface area contributed by atoms with Gasteiger partial charge >= 0.3 is 0 Å². The van der Waals surface area contributed by atoms with Gasteiger partial charge in [0, 0.05) is 27.3 Å². The Morgan fingerprint density at radius 2 is 1.80 bits per heavy atom. The van der Waals surface area contributed by atoms with Crippen LogP contribution in [-0.4, -0.2) is 65.9 Å². The first-order valence-corrected chi connectivity index (χ1v) is 14.4. The van der Waals surface area contributed by atoms with E-state index in [-0.39, 0.29) is 45.0 Å². The third-order valence-corrected chi connectivity index (χ3v) is 7.31. The maximum Gasteiger partial charge on any atom is 0.280 e. The molecule has 228 valence electrons. The number of aliphatic imine (C=N–C) groups is 1. The summed E-state index contributed by atoms with van der Waals surface area (Å²) in [5.74, 6) is -0.897. The topological polar surface area (TPSA) is 201 Å². The number of carbonyl (C=O) groups excluding carboxylic acids is 3. The number of anilines is 2. The van der Waals surface area contributed by atoms with Crippen molar-refractivity contribution >= 4 is 58.4 Å². The van der Waals surface area contributed by atoms with Crippen molar-refractivity contribution in [3.05, 3.63) is 10.8 Å². The Morgan fingerprint density at radius 3 is 2.35 bits per heavy atom. The summed E-state index contributed by atoms with van der Waals surface area (Å²) in [5.41, 5.74) is 18.0. The molecule has 14 heteroatoms. The molecule has 0 radical (unpaired) electrons. The van der Waals surface area contributed by atoms with E-state index in [1.807, 2.05) is 0 Å². The molecule has 1 unspecified atom stereocenters. The van der Waals surface area contributed by atoms with Crippen molar-refractivity contribution in [1.29, 1.82) is 0 Å². The third kappa shape index (κ3) is 15.2. The highest BCUT2D eigenvalue weighted by Gasteiger charge is 2.27. The maximum atomic E-state index is 12.2. The molecule has 8 N–H and O–H groups in total. The lowest BCUT2D eigenvalue weighted by molar-refractivity contribution is -0.120. The van der Waals surface area contributed by atoms with E-state index in [2.05, 4.69) is 60.2 Å². The third-order valence-electron chi connectivity index (χ3n) is 6.14.